The SMILES string of the molecule is C=C1C(=O)C[C@H]2C(C)(C)CCC[C@]2(C)[C@H]1C/C=C1/CCOC1=O. The van der Waals surface area contributed by atoms with Crippen LogP contribution in [0.25, 0.3) is 0 Å². The molecule has 0 aromatic heterocycles. The highest BCUT2D eigenvalue weighted by molar-refractivity contribution is 5.96. The van der Waals surface area contributed by atoms with Gasteiger partial charge in [0.15, 0.2) is 5.78 Å². The van der Waals surface area contributed by atoms with Crippen molar-refractivity contribution in [2.75, 3.05) is 6.61 Å². The van der Waals surface area contributed by atoms with Crippen molar-refractivity contribution in [3.05, 3.63) is 23.8 Å². The number of rotatable bonds is 2. The van der Waals surface area contributed by atoms with Crippen molar-refractivity contribution in [3.63, 3.8) is 0 Å². The van der Waals surface area contributed by atoms with Crippen LogP contribution in [0.4, 0.5) is 0 Å². The number of ether oxygens (including phenoxy) is 1. The van der Waals surface area contributed by atoms with Gasteiger partial charge in [0.25, 0.3) is 0 Å². The summed E-state index contributed by atoms with van der Waals surface area (Å²) in [7, 11) is 0. The van der Waals surface area contributed by atoms with Crippen molar-refractivity contribution in [3.8, 4) is 0 Å². The molecule has 0 amide bonds. The zero-order valence-electron chi connectivity index (χ0n) is 14.6. The highest BCUT2D eigenvalue weighted by Crippen LogP contribution is 2.60. The van der Waals surface area contributed by atoms with Gasteiger partial charge in [-0.2, -0.15) is 0 Å². The van der Waals surface area contributed by atoms with E-state index in [2.05, 4.69) is 27.4 Å². The van der Waals surface area contributed by atoms with Gasteiger partial charge in [-0.3, -0.25) is 4.79 Å². The lowest BCUT2D eigenvalue weighted by Crippen LogP contribution is -2.51. The van der Waals surface area contributed by atoms with Gasteiger partial charge in [0.1, 0.15) is 0 Å². The first-order valence-electron chi connectivity index (χ1n) is 8.84. The molecular formula is C20H28O3. The maximum absolute atomic E-state index is 12.5. The lowest BCUT2D eigenvalue weighted by Gasteiger charge is -2.57. The number of carbonyl (C=O) groups is 2. The van der Waals surface area contributed by atoms with Crippen LogP contribution in [0.3, 0.4) is 0 Å². The summed E-state index contributed by atoms with van der Waals surface area (Å²) in [5.41, 5.74) is 1.84. The molecule has 3 heteroatoms. The smallest absolute Gasteiger partial charge is 0.333 e. The molecule has 0 spiro atoms. The fourth-order valence-corrected chi connectivity index (χ4v) is 5.31. The van der Waals surface area contributed by atoms with Crippen molar-refractivity contribution in [2.24, 2.45) is 22.7 Å². The van der Waals surface area contributed by atoms with Crippen molar-refractivity contribution < 1.29 is 14.3 Å². The van der Waals surface area contributed by atoms with E-state index in [-0.39, 0.29) is 28.5 Å². The Hall–Kier alpha value is -1.38. The number of allylic oxidation sites excluding steroid dienone is 2. The Labute approximate surface area is 139 Å². The van der Waals surface area contributed by atoms with Crippen LogP contribution in [0, 0.1) is 22.7 Å². The summed E-state index contributed by atoms with van der Waals surface area (Å²) < 4.78 is 5.02. The van der Waals surface area contributed by atoms with E-state index in [0.29, 0.717) is 25.4 Å². The molecular weight excluding hydrogens is 288 g/mol. The largest absolute Gasteiger partial charge is 0.462 e. The summed E-state index contributed by atoms with van der Waals surface area (Å²) in [6.45, 7) is 11.6. The van der Waals surface area contributed by atoms with E-state index >= 15 is 0 Å². The van der Waals surface area contributed by atoms with Gasteiger partial charge in [0.2, 0.25) is 0 Å². The van der Waals surface area contributed by atoms with E-state index in [1.165, 1.54) is 12.8 Å². The van der Waals surface area contributed by atoms with Gasteiger partial charge in [-0.05, 0) is 47.5 Å². The molecule has 3 fully saturated rings. The highest BCUT2D eigenvalue weighted by atomic mass is 16.5. The maximum atomic E-state index is 12.5. The molecule has 1 heterocycles. The molecule has 2 aliphatic carbocycles. The lowest BCUT2D eigenvalue weighted by molar-refractivity contribution is -0.135. The molecule has 3 aliphatic rings. The predicted molar refractivity (Wildman–Crippen MR) is 89.8 cm³/mol. The second-order valence-corrected chi connectivity index (χ2v) is 8.46. The Morgan fingerprint density at radius 1 is 1.26 bits per heavy atom. The Kier molecular flexibility index (Phi) is 4.02. The molecule has 0 N–H and O–H groups in total. The predicted octanol–water partition coefficient (Wildman–Crippen LogP) is 4.23. The summed E-state index contributed by atoms with van der Waals surface area (Å²) in [5, 5.41) is 0. The highest BCUT2D eigenvalue weighted by Gasteiger charge is 2.54. The van der Waals surface area contributed by atoms with Gasteiger partial charge < -0.3 is 4.74 Å². The normalized spacial score (nSPS) is 38.6. The number of hydrogen-bond donors (Lipinski definition) is 0. The number of cyclic esters (lactones) is 1. The van der Waals surface area contributed by atoms with Gasteiger partial charge >= 0.3 is 5.97 Å². The van der Waals surface area contributed by atoms with Gasteiger partial charge in [-0.15, -0.1) is 0 Å². The Bertz CT molecular complexity index is 584. The fourth-order valence-electron chi connectivity index (χ4n) is 5.31. The number of ketones is 1. The van der Waals surface area contributed by atoms with Crippen LogP contribution < -0.4 is 0 Å². The van der Waals surface area contributed by atoms with Crippen molar-refractivity contribution >= 4 is 11.8 Å². The molecule has 0 unspecified atom stereocenters. The summed E-state index contributed by atoms with van der Waals surface area (Å²) in [4.78, 5) is 24.2. The average molecular weight is 316 g/mol. The molecule has 3 atom stereocenters. The standard InChI is InChI=1S/C20H28O3/c1-13-15(7-6-14-8-11-23-18(14)22)20(4)10-5-9-19(2,3)17(20)12-16(13)21/h6,15,17H,1,5,7-12H2,2-4H3/b14-6-/t15-,17-,20+/m0/s1. The molecule has 23 heavy (non-hydrogen) atoms. The summed E-state index contributed by atoms with van der Waals surface area (Å²) >= 11 is 0. The minimum Gasteiger partial charge on any atom is -0.462 e. The molecule has 126 valence electrons. The Balaban J connectivity index is 1.91. The topological polar surface area (TPSA) is 43.4 Å². The van der Waals surface area contributed by atoms with E-state index in [0.717, 1.165) is 24.0 Å². The number of Topliss-reactive ketones (excluding diaryl/α,β-unsaturated/α-hetero) is 1. The first kappa shape index (κ1) is 16.5. The summed E-state index contributed by atoms with van der Waals surface area (Å²) in [5.74, 6) is 0.582. The van der Waals surface area contributed by atoms with Gasteiger partial charge in [-0.1, -0.05) is 39.8 Å². The van der Waals surface area contributed by atoms with E-state index < -0.39 is 0 Å². The monoisotopic (exact) mass is 316 g/mol. The van der Waals surface area contributed by atoms with Crippen LogP contribution >= 0.6 is 0 Å². The van der Waals surface area contributed by atoms with Gasteiger partial charge in [0.05, 0.1) is 6.61 Å². The lowest BCUT2D eigenvalue weighted by atomic mass is 9.47. The fraction of sp³-hybridized carbons (Fsp3) is 0.700. The first-order chi connectivity index (χ1) is 10.8. The van der Waals surface area contributed by atoms with E-state index in [1.54, 1.807) is 0 Å². The molecule has 2 saturated carbocycles. The van der Waals surface area contributed by atoms with Crippen LogP contribution in [0.2, 0.25) is 0 Å². The number of carbonyl (C=O) groups excluding carboxylic acids is 2. The van der Waals surface area contributed by atoms with Crippen LogP contribution in [0.5, 0.6) is 0 Å². The zero-order chi connectivity index (χ0) is 16.8. The van der Waals surface area contributed by atoms with Crippen LogP contribution in [0.1, 0.15) is 59.3 Å². The number of esters is 1. The third-order valence-corrected chi connectivity index (χ3v) is 6.71. The van der Waals surface area contributed by atoms with Crippen molar-refractivity contribution in [2.45, 2.75) is 59.3 Å². The molecule has 3 rings (SSSR count). The molecule has 0 aromatic carbocycles. The first-order valence-corrected chi connectivity index (χ1v) is 8.84. The second-order valence-electron chi connectivity index (χ2n) is 8.46. The van der Waals surface area contributed by atoms with Crippen molar-refractivity contribution in [1.29, 1.82) is 0 Å². The van der Waals surface area contributed by atoms with Crippen LogP contribution in [0.15, 0.2) is 23.8 Å². The summed E-state index contributed by atoms with van der Waals surface area (Å²) in [6.07, 6.45) is 7.61. The summed E-state index contributed by atoms with van der Waals surface area (Å²) in [6, 6.07) is 0. The molecule has 0 radical (unpaired) electrons. The molecule has 3 nitrogen and oxygen atoms in total. The molecule has 1 saturated heterocycles. The maximum Gasteiger partial charge on any atom is 0.333 e. The van der Waals surface area contributed by atoms with Gasteiger partial charge in [-0.25, -0.2) is 4.79 Å². The van der Waals surface area contributed by atoms with Crippen LogP contribution in [-0.2, 0) is 14.3 Å². The van der Waals surface area contributed by atoms with Gasteiger partial charge in [0, 0.05) is 18.4 Å². The minimum absolute atomic E-state index is 0.103. The average Bonchev–Trinajstić information content (AvgIpc) is 2.87. The third kappa shape index (κ3) is 2.68. The van der Waals surface area contributed by atoms with Crippen LogP contribution in [-0.4, -0.2) is 18.4 Å². The number of fused-ring (bicyclic) bond motifs is 1. The molecule has 0 bridgehead atoms. The second kappa shape index (κ2) is 5.61. The Morgan fingerprint density at radius 3 is 2.65 bits per heavy atom. The number of hydrogen-bond acceptors (Lipinski definition) is 3. The minimum atomic E-state index is -0.191. The molecule has 0 aromatic rings. The van der Waals surface area contributed by atoms with E-state index in [9.17, 15) is 9.59 Å². The van der Waals surface area contributed by atoms with E-state index in [1.807, 2.05) is 6.08 Å². The Morgan fingerprint density at radius 2 is 2.00 bits per heavy atom. The van der Waals surface area contributed by atoms with Crippen molar-refractivity contribution in [1.82, 2.24) is 0 Å². The zero-order valence-corrected chi connectivity index (χ0v) is 14.6. The third-order valence-electron chi connectivity index (χ3n) is 6.71. The van der Waals surface area contributed by atoms with E-state index in [4.69, 9.17) is 4.74 Å². The quantitative estimate of drug-likeness (QED) is 0.565. The molecule has 1 aliphatic heterocycles.